The van der Waals surface area contributed by atoms with E-state index < -0.39 is 6.10 Å². The Labute approximate surface area is 134 Å². The summed E-state index contributed by atoms with van der Waals surface area (Å²) in [6.45, 7) is 2.03. The fraction of sp³-hybridized carbons (Fsp3) is 0.235. The van der Waals surface area contributed by atoms with Crippen LogP contribution in [0.1, 0.15) is 27.6 Å². The van der Waals surface area contributed by atoms with Gasteiger partial charge < -0.3 is 15.2 Å². The molecule has 0 saturated heterocycles. The van der Waals surface area contributed by atoms with Gasteiger partial charge in [-0.3, -0.25) is 4.79 Å². The third kappa shape index (κ3) is 4.00. The third-order valence-electron chi connectivity index (χ3n) is 3.38. The van der Waals surface area contributed by atoms with Crippen LogP contribution in [0.5, 0.6) is 5.75 Å². The number of aliphatic hydroxyl groups is 1. The van der Waals surface area contributed by atoms with Gasteiger partial charge in [-0.1, -0.05) is 29.8 Å². The Bertz CT molecular complexity index is 655. The predicted octanol–water partition coefficient (Wildman–Crippen LogP) is 3.12. The average Bonchev–Trinajstić information content (AvgIpc) is 2.53. The van der Waals surface area contributed by atoms with Crippen molar-refractivity contribution in [3.63, 3.8) is 0 Å². The zero-order valence-corrected chi connectivity index (χ0v) is 13.2. The van der Waals surface area contributed by atoms with Gasteiger partial charge in [-0.15, -0.1) is 0 Å². The Morgan fingerprint density at radius 1 is 1.27 bits per heavy atom. The Morgan fingerprint density at radius 2 is 1.95 bits per heavy atom. The van der Waals surface area contributed by atoms with E-state index in [9.17, 15) is 9.90 Å². The summed E-state index contributed by atoms with van der Waals surface area (Å²) in [6.07, 6.45) is -0.784. The maximum absolute atomic E-state index is 12.1. The number of carbonyl (C=O) groups is 1. The first-order valence-corrected chi connectivity index (χ1v) is 7.25. The van der Waals surface area contributed by atoms with Gasteiger partial charge in [0.05, 0.1) is 13.2 Å². The molecule has 0 bridgehead atoms. The average molecular weight is 320 g/mol. The highest BCUT2D eigenvalue weighted by Gasteiger charge is 2.12. The van der Waals surface area contributed by atoms with Crippen LogP contribution in [0.25, 0.3) is 0 Å². The van der Waals surface area contributed by atoms with Crippen molar-refractivity contribution in [3.05, 3.63) is 64.2 Å². The minimum Gasteiger partial charge on any atom is -0.496 e. The number of benzene rings is 2. The van der Waals surface area contributed by atoms with Crippen molar-refractivity contribution in [1.29, 1.82) is 0 Å². The molecule has 0 aliphatic carbocycles. The molecule has 2 aromatic rings. The second kappa shape index (κ2) is 7.29. The molecular weight excluding hydrogens is 302 g/mol. The van der Waals surface area contributed by atoms with E-state index in [0.29, 0.717) is 21.9 Å². The van der Waals surface area contributed by atoms with E-state index in [2.05, 4.69) is 5.32 Å². The van der Waals surface area contributed by atoms with E-state index in [1.54, 1.807) is 43.5 Å². The molecule has 1 unspecified atom stereocenters. The van der Waals surface area contributed by atoms with Gasteiger partial charge in [-0.2, -0.15) is 0 Å². The van der Waals surface area contributed by atoms with Crippen molar-refractivity contribution in [2.24, 2.45) is 0 Å². The number of methoxy groups -OCH3 is 1. The first kappa shape index (κ1) is 16.3. The minimum atomic E-state index is -0.784. The monoisotopic (exact) mass is 319 g/mol. The number of hydrogen-bond acceptors (Lipinski definition) is 3. The summed E-state index contributed by atoms with van der Waals surface area (Å²) in [6, 6.07) is 12.1. The Balaban J connectivity index is 1.99. The highest BCUT2D eigenvalue weighted by molar-refractivity contribution is 6.30. The van der Waals surface area contributed by atoms with E-state index in [1.165, 1.54) is 0 Å². The number of hydrogen-bond donors (Lipinski definition) is 2. The molecule has 2 aromatic carbocycles. The second-order valence-electron chi connectivity index (χ2n) is 4.96. The second-order valence-corrected chi connectivity index (χ2v) is 5.40. The van der Waals surface area contributed by atoms with E-state index in [-0.39, 0.29) is 12.5 Å². The zero-order chi connectivity index (χ0) is 16.1. The van der Waals surface area contributed by atoms with Gasteiger partial charge >= 0.3 is 0 Å². The number of amides is 1. The first-order valence-electron chi connectivity index (χ1n) is 6.87. The predicted molar refractivity (Wildman–Crippen MR) is 86.5 cm³/mol. The molecule has 1 amide bonds. The van der Waals surface area contributed by atoms with Gasteiger partial charge in [0.25, 0.3) is 5.91 Å². The van der Waals surface area contributed by atoms with E-state index in [0.717, 1.165) is 5.56 Å². The summed E-state index contributed by atoms with van der Waals surface area (Å²) < 4.78 is 5.20. The lowest BCUT2D eigenvalue weighted by molar-refractivity contribution is 0.0916. The molecule has 116 valence electrons. The molecular formula is C17H18ClNO3. The van der Waals surface area contributed by atoms with Crippen LogP contribution in [0.15, 0.2) is 42.5 Å². The third-order valence-corrected chi connectivity index (χ3v) is 3.63. The van der Waals surface area contributed by atoms with Crippen molar-refractivity contribution in [3.8, 4) is 5.75 Å². The number of ether oxygens (including phenoxy) is 1. The van der Waals surface area contributed by atoms with Gasteiger partial charge in [-0.05, 0) is 42.3 Å². The SMILES string of the molecule is COc1cc(C(=O)NCC(O)c2ccc(Cl)cc2)ccc1C. The molecule has 2 rings (SSSR count). The zero-order valence-electron chi connectivity index (χ0n) is 12.5. The smallest absolute Gasteiger partial charge is 0.251 e. The first-order chi connectivity index (χ1) is 10.5. The van der Waals surface area contributed by atoms with Crippen molar-refractivity contribution >= 4 is 17.5 Å². The van der Waals surface area contributed by atoms with Gasteiger partial charge in [0, 0.05) is 17.1 Å². The molecule has 0 spiro atoms. The molecule has 0 radical (unpaired) electrons. The summed E-state index contributed by atoms with van der Waals surface area (Å²) in [5.74, 6) is 0.400. The van der Waals surface area contributed by atoms with Crippen molar-refractivity contribution in [2.45, 2.75) is 13.0 Å². The van der Waals surface area contributed by atoms with Crippen LogP contribution < -0.4 is 10.1 Å². The Morgan fingerprint density at radius 3 is 2.59 bits per heavy atom. The van der Waals surface area contributed by atoms with Gasteiger partial charge in [0.1, 0.15) is 5.75 Å². The van der Waals surface area contributed by atoms with Gasteiger partial charge in [-0.25, -0.2) is 0 Å². The van der Waals surface area contributed by atoms with Crippen molar-refractivity contribution < 1.29 is 14.6 Å². The summed E-state index contributed by atoms with van der Waals surface area (Å²) in [5, 5.41) is 13.4. The highest BCUT2D eigenvalue weighted by Crippen LogP contribution is 2.19. The van der Waals surface area contributed by atoms with Gasteiger partial charge in [0.15, 0.2) is 0 Å². The number of aliphatic hydroxyl groups excluding tert-OH is 1. The van der Waals surface area contributed by atoms with Crippen molar-refractivity contribution in [2.75, 3.05) is 13.7 Å². The maximum Gasteiger partial charge on any atom is 0.251 e. The molecule has 0 aromatic heterocycles. The molecule has 0 heterocycles. The number of carbonyl (C=O) groups excluding carboxylic acids is 1. The standard InChI is InChI=1S/C17H18ClNO3/c1-11-3-4-13(9-16(11)22-2)17(21)19-10-15(20)12-5-7-14(18)8-6-12/h3-9,15,20H,10H2,1-2H3,(H,19,21). The lowest BCUT2D eigenvalue weighted by Gasteiger charge is -2.13. The van der Waals surface area contributed by atoms with Gasteiger partial charge in [0.2, 0.25) is 0 Å². The highest BCUT2D eigenvalue weighted by atomic mass is 35.5. The van der Waals surface area contributed by atoms with Crippen molar-refractivity contribution in [1.82, 2.24) is 5.32 Å². The fourth-order valence-electron chi connectivity index (χ4n) is 2.06. The quantitative estimate of drug-likeness (QED) is 0.890. The van der Waals surface area contributed by atoms with Crippen LogP contribution in [0.2, 0.25) is 5.02 Å². The van der Waals surface area contributed by atoms with Crippen LogP contribution in [-0.2, 0) is 0 Å². The number of halogens is 1. The van der Waals surface area contributed by atoms with E-state index in [4.69, 9.17) is 16.3 Å². The summed E-state index contributed by atoms with van der Waals surface area (Å²) in [7, 11) is 1.56. The molecule has 0 aliphatic rings. The van der Waals surface area contributed by atoms with Crippen LogP contribution in [0, 0.1) is 6.92 Å². The topological polar surface area (TPSA) is 58.6 Å². The minimum absolute atomic E-state index is 0.122. The largest absolute Gasteiger partial charge is 0.496 e. The molecule has 5 heteroatoms. The van der Waals surface area contributed by atoms with E-state index >= 15 is 0 Å². The van der Waals surface area contributed by atoms with Crippen LogP contribution in [-0.4, -0.2) is 24.7 Å². The Hall–Kier alpha value is -2.04. The molecule has 1 atom stereocenters. The summed E-state index contributed by atoms with van der Waals surface area (Å²) >= 11 is 5.80. The lowest BCUT2D eigenvalue weighted by atomic mass is 10.1. The van der Waals surface area contributed by atoms with E-state index in [1.807, 2.05) is 13.0 Å². The van der Waals surface area contributed by atoms with Crippen LogP contribution >= 0.6 is 11.6 Å². The molecule has 0 aliphatic heterocycles. The molecule has 4 nitrogen and oxygen atoms in total. The summed E-state index contributed by atoms with van der Waals surface area (Å²) in [5.41, 5.74) is 2.15. The van der Waals surface area contributed by atoms with Crippen LogP contribution in [0.3, 0.4) is 0 Å². The number of aryl methyl sites for hydroxylation is 1. The fourth-order valence-corrected chi connectivity index (χ4v) is 2.18. The molecule has 0 saturated carbocycles. The lowest BCUT2D eigenvalue weighted by Crippen LogP contribution is -2.28. The summed E-state index contributed by atoms with van der Waals surface area (Å²) in [4.78, 5) is 12.1. The maximum atomic E-state index is 12.1. The normalized spacial score (nSPS) is 11.8. The number of nitrogens with one attached hydrogen (secondary N) is 1. The molecule has 22 heavy (non-hydrogen) atoms. The van der Waals surface area contributed by atoms with Crippen LogP contribution in [0.4, 0.5) is 0 Å². The number of rotatable bonds is 5. The molecule has 2 N–H and O–H groups in total. The Kier molecular flexibility index (Phi) is 5.41. The molecule has 0 fully saturated rings.